The van der Waals surface area contributed by atoms with E-state index in [2.05, 4.69) is 4.99 Å². The van der Waals surface area contributed by atoms with Gasteiger partial charge in [-0.05, 0) is 28.8 Å². The number of hydrogen-bond acceptors (Lipinski definition) is 3. The Morgan fingerprint density at radius 3 is 2.35 bits per heavy atom. The number of carbonyl (C=O) groups is 1. The summed E-state index contributed by atoms with van der Waals surface area (Å²) in [4.78, 5) is 16.2. The maximum atomic E-state index is 12.1. The minimum Gasteiger partial charge on any atom is -0.272 e. The third-order valence-corrected chi connectivity index (χ3v) is 4.45. The van der Waals surface area contributed by atoms with Crippen LogP contribution in [0.2, 0.25) is 0 Å². The summed E-state index contributed by atoms with van der Waals surface area (Å²) >= 11 is 0. The minimum atomic E-state index is -3.53. The number of nitrogens with zero attached hydrogens (tertiary/aromatic N) is 1. The van der Waals surface area contributed by atoms with Crippen molar-refractivity contribution >= 4 is 22.0 Å². The first-order valence-electron chi connectivity index (χ1n) is 7.18. The Morgan fingerprint density at radius 1 is 1.00 bits per heavy atom. The van der Waals surface area contributed by atoms with Crippen LogP contribution < -0.4 is 15.7 Å². The van der Waals surface area contributed by atoms with Gasteiger partial charge in [0.15, 0.2) is 0 Å². The fourth-order valence-corrected chi connectivity index (χ4v) is 3.28. The van der Waals surface area contributed by atoms with E-state index in [4.69, 9.17) is 5.14 Å². The molecule has 0 radical (unpaired) electrons. The first-order chi connectivity index (χ1) is 10.9. The first kappa shape index (κ1) is 15.6. The number of hydrogen-bond donors (Lipinski definition) is 1. The summed E-state index contributed by atoms with van der Waals surface area (Å²) in [5.41, 5.74) is 1.58. The predicted molar refractivity (Wildman–Crippen MR) is 87.1 cm³/mol. The largest absolute Gasteiger partial charge is 0.272 e. The third-order valence-electron chi connectivity index (χ3n) is 3.71. The quantitative estimate of drug-likeness (QED) is 0.874. The average Bonchev–Trinajstić information content (AvgIpc) is 2.48. The standard InChI is InChI=1S/C17H16N2O3S/c18-23(21,22)11-13-7-5-12(6-8-13)9-15-10-14-3-1-2-4-16(14)19-17(15)20/h1-8,10,15H,9,11H2,(H2,18,21,22). The number of fused-ring (bicyclic) bond motifs is 1. The summed E-state index contributed by atoms with van der Waals surface area (Å²) in [6.07, 6.45) is 2.47. The molecular formula is C17H16N2O3S. The number of amides is 1. The first-order valence-corrected chi connectivity index (χ1v) is 8.90. The molecule has 2 aromatic carbocycles. The predicted octanol–water partition coefficient (Wildman–Crippen LogP) is 0.274. The maximum Gasteiger partial charge on any atom is 0.253 e. The zero-order valence-corrected chi connectivity index (χ0v) is 13.2. The number of rotatable bonds is 4. The van der Waals surface area contributed by atoms with Crippen LogP contribution in [0, 0.1) is 5.92 Å². The fraction of sp³-hybridized carbons (Fsp3) is 0.176. The van der Waals surface area contributed by atoms with Crippen LogP contribution in [-0.2, 0) is 27.0 Å². The van der Waals surface area contributed by atoms with Crippen molar-refractivity contribution < 1.29 is 13.2 Å². The molecule has 0 saturated heterocycles. The molecule has 3 rings (SSSR count). The van der Waals surface area contributed by atoms with Crippen LogP contribution in [0.25, 0.3) is 6.08 Å². The summed E-state index contributed by atoms with van der Waals surface area (Å²) in [5.74, 6) is -0.643. The van der Waals surface area contributed by atoms with Crippen LogP contribution in [0.4, 0.5) is 0 Å². The Labute approximate surface area is 134 Å². The monoisotopic (exact) mass is 328 g/mol. The van der Waals surface area contributed by atoms with Gasteiger partial charge >= 0.3 is 0 Å². The second-order valence-electron chi connectivity index (χ2n) is 5.61. The third kappa shape index (κ3) is 3.91. The molecule has 6 heteroatoms. The Kier molecular flexibility index (Phi) is 4.11. The number of para-hydroxylation sites is 1. The minimum absolute atomic E-state index is 0.155. The van der Waals surface area contributed by atoms with Crippen molar-refractivity contribution in [2.45, 2.75) is 12.2 Å². The molecular weight excluding hydrogens is 312 g/mol. The van der Waals surface area contributed by atoms with Gasteiger partial charge in [-0.3, -0.25) is 4.79 Å². The summed E-state index contributed by atoms with van der Waals surface area (Å²) in [5, 5.41) is 6.70. The summed E-state index contributed by atoms with van der Waals surface area (Å²) < 4.78 is 22.2. The van der Waals surface area contributed by atoms with Crippen LogP contribution in [0.15, 0.2) is 53.5 Å². The normalized spacial score (nSPS) is 17.1. The zero-order chi connectivity index (χ0) is 16.4. The maximum absolute atomic E-state index is 12.1. The van der Waals surface area contributed by atoms with Gasteiger partial charge in [0.2, 0.25) is 10.0 Å². The molecule has 1 atom stereocenters. The van der Waals surface area contributed by atoms with Crippen molar-refractivity contribution in [2.24, 2.45) is 16.0 Å². The molecule has 5 nitrogen and oxygen atoms in total. The van der Waals surface area contributed by atoms with E-state index in [1.165, 1.54) is 0 Å². The van der Waals surface area contributed by atoms with Gasteiger partial charge in [0.25, 0.3) is 5.91 Å². The molecule has 0 spiro atoms. The SMILES string of the molecule is NS(=O)(=O)Cc1ccc(CC2C=c3ccccc3=NC2=O)cc1. The van der Waals surface area contributed by atoms with Gasteiger partial charge < -0.3 is 0 Å². The molecule has 118 valence electrons. The van der Waals surface area contributed by atoms with Crippen molar-refractivity contribution in [3.63, 3.8) is 0 Å². The van der Waals surface area contributed by atoms with Gasteiger partial charge in [-0.2, -0.15) is 0 Å². The van der Waals surface area contributed by atoms with Gasteiger partial charge in [-0.1, -0.05) is 48.5 Å². The van der Waals surface area contributed by atoms with Gasteiger partial charge in [0.05, 0.1) is 17.0 Å². The molecule has 0 aliphatic carbocycles. The van der Waals surface area contributed by atoms with E-state index in [1.807, 2.05) is 42.5 Å². The van der Waals surface area contributed by atoms with Gasteiger partial charge in [0, 0.05) is 0 Å². The highest BCUT2D eigenvalue weighted by molar-refractivity contribution is 7.88. The van der Waals surface area contributed by atoms with Gasteiger partial charge in [0.1, 0.15) is 0 Å². The molecule has 0 fully saturated rings. The lowest BCUT2D eigenvalue weighted by Crippen LogP contribution is -2.34. The highest BCUT2D eigenvalue weighted by atomic mass is 32.2. The van der Waals surface area contributed by atoms with E-state index in [-0.39, 0.29) is 17.6 Å². The summed E-state index contributed by atoms with van der Waals surface area (Å²) in [6, 6.07) is 14.6. The highest BCUT2D eigenvalue weighted by Crippen LogP contribution is 2.15. The second kappa shape index (κ2) is 6.06. The van der Waals surface area contributed by atoms with Gasteiger partial charge in [-0.15, -0.1) is 0 Å². The summed E-state index contributed by atoms with van der Waals surface area (Å²) in [7, 11) is -3.53. The molecule has 2 N–H and O–H groups in total. The molecule has 0 saturated carbocycles. The van der Waals surface area contributed by atoms with E-state index in [1.54, 1.807) is 12.1 Å². The van der Waals surface area contributed by atoms with Crippen molar-refractivity contribution in [2.75, 3.05) is 0 Å². The lowest BCUT2D eigenvalue weighted by molar-refractivity contribution is -0.120. The second-order valence-corrected chi connectivity index (χ2v) is 7.22. The van der Waals surface area contributed by atoms with Crippen LogP contribution in [0.1, 0.15) is 11.1 Å². The van der Waals surface area contributed by atoms with Crippen LogP contribution in [0.3, 0.4) is 0 Å². The Bertz CT molecular complexity index is 964. The van der Waals surface area contributed by atoms with Crippen molar-refractivity contribution in [1.29, 1.82) is 0 Å². The highest BCUT2D eigenvalue weighted by Gasteiger charge is 2.18. The topological polar surface area (TPSA) is 89.6 Å². The zero-order valence-electron chi connectivity index (χ0n) is 12.3. The molecule has 1 heterocycles. The van der Waals surface area contributed by atoms with Crippen LogP contribution in [0.5, 0.6) is 0 Å². The Morgan fingerprint density at radius 2 is 1.65 bits per heavy atom. The van der Waals surface area contributed by atoms with Crippen molar-refractivity contribution in [3.05, 3.63) is 70.2 Å². The smallest absolute Gasteiger partial charge is 0.253 e. The van der Waals surface area contributed by atoms with Crippen LogP contribution in [-0.4, -0.2) is 14.3 Å². The number of benzene rings is 2. The Hall–Kier alpha value is -2.31. The van der Waals surface area contributed by atoms with Gasteiger partial charge in [-0.25, -0.2) is 18.5 Å². The number of primary sulfonamides is 1. The Balaban J connectivity index is 1.80. The molecule has 1 unspecified atom stereocenters. The number of carbonyl (C=O) groups excluding carboxylic acids is 1. The van der Waals surface area contributed by atoms with Crippen LogP contribution >= 0.6 is 0 Å². The number of sulfonamides is 1. The van der Waals surface area contributed by atoms with E-state index >= 15 is 0 Å². The van der Waals surface area contributed by atoms with Crippen molar-refractivity contribution in [3.8, 4) is 0 Å². The van der Waals surface area contributed by atoms with Crippen molar-refractivity contribution in [1.82, 2.24) is 0 Å². The molecule has 1 aliphatic heterocycles. The molecule has 23 heavy (non-hydrogen) atoms. The molecule has 1 aliphatic rings. The molecule has 0 bridgehead atoms. The lowest BCUT2D eigenvalue weighted by Gasteiger charge is -2.12. The summed E-state index contributed by atoms with van der Waals surface area (Å²) in [6.45, 7) is 0. The van der Waals surface area contributed by atoms with E-state index < -0.39 is 10.0 Å². The molecule has 1 amide bonds. The molecule has 2 aromatic rings. The number of nitrogens with two attached hydrogens (primary N) is 1. The van der Waals surface area contributed by atoms with E-state index in [9.17, 15) is 13.2 Å². The molecule has 0 aromatic heterocycles. The lowest BCUT2D eigenvalue weighted by atomic mass is 9.95. The van der Waals surface area contributed by atoms with E-state index in [0.29, 0.717) is 17.3 Å². The van der Waals surface area contributed by atoms with E-state index in [0.717, 1.165) is 10.8 Å². The average molecular weight is 328 g/mol. The fourth-order valence-electron chi connectivity index (χ4n) is 2.62.